The van der Waals surface area contributed by atoms with Crippen LogP contribution in [0.1, 0.15) is 22.3 Å². The molecular formula is C11H10BrNO2. The number of aliphatic carboxylic acids is 1. The first kappa shape index (κ1) is 11.7. The molecule has 0 aliphatic heterocycles. The molecule has 0 heterocycles. The maximum Gasteiger partial charge on any atom is 0.307 e. The number of hydrogen-bond donors (Lipinski definition) is 1. The normalized spacial score (nSPS) is 9.67. The van der Waals surface area contributed by atoms with Crippen LogP contribution in [0.3, 0.4) is 0 Å². The second-order valence-corrected chi connectivity index (χ2v) is 3.81. The van der Waals surface area contributed by atoms with E-state index in [1.54, 1.807) is 12.1 Å². The van der Waals surface area contributed by atoms with Gasteiger partial charge in [-0.15, -0.1) is 0 Å². The molecule has 0 saturated heterocycles. The van der Waals surface area contributed by atoms with Gasteiger partial charge in [0.1, 0.15) is 0 Å². The number of alkyl halides is 1. The van der Waals surface area contributed by atoms with Gasteiger partial charge in [-0.3, -0.25) is 4.79 Å². The fourth-order valence-corrected chi connectivity index (χ4v) is 1.91. The minimum Gasteiger partial charge on any atom is -0.481 e. The number of carboxylic acid groups (broad SMARTS) is 1. The maximum absolute atomic E-state index is 10.6. The van der Waals surface area contributed by atoms with Crippen LogP contribution in [-0.2, 0) is 16.5 Å². The predicted octanol–water partition coefficient (Wildman–Crippen LogP) is 2.39. The van der Waals surface area contributed by atoms with Gasteiger partial charge in [-0.25, -0.2) is 0 Å². The van der Waals surface area contributed by atoms with Gasteiger partial charge in [0.25, 0.3) is 0 Å². The van der Waals surface area contributed by atoms with E-state index in [0.29, 0.717) is 10.9 Å². The molecule has 0 spiro atoms. The molecule has 0 amide bonds. The van der Waals surface area contributed by atoms with E-state index in [-0.39, 0.29) is 6.42 Å². The Morgan fingerprint density at radius 1 is 1.53 bits per heavy atom. The standard InChI is InChI=1S/C11H10BrNO2/c1-7-2-8(4-11(14)15)9(5-12)3-10(7)6-13/h2-3H,4-5H2,1H3,(H,14,15). The molecule has 3 nitrogen and oxygen atoms in total. The van der Waals surface area contributed by atoms with E-state index in [1.807, 2.05) is 6.92 Å². The summed E-state index contributed by atoms with van der Waals surface area (Å²) in [4.78, 5) is 10.6. The third-order valence-electron chi connectivity index (χ3n) is 2.15. The lowest BCUT2D eigenvalue weighted by Gasteiger charge is -2.07. The summed E-state index contributed by atoms with van der Waals surface area (Å²) in [6.07, 6.45) is -0.00647. The molecule has 0 atom stereocenters. The van der Waals surface area contributed by atoms with Crippen molar-refractivity contribution in [3.8, 4) is 6.07 Å². The highest BCUT2D eigenvalue weighted by atomic mass is 79.9. The Morgan fingerprint density at radius 3 is 2.67 bits per heavy atom. The quantitative estimate of drug-likeness (QED) is 0.856. The van der Waals surface area contributed by atoms with Crippen LogP contribution in [0.25, 0.3) is 0 Å². The average molecular weight is 268 g/mol. The number of carbonyl (C=O) groups is 1. The lowest BCUT2D eigenvalue weighted by atomic mass is 9.99. The lowest BCUT2D eigenvalue weighted by molar-refractivity contribution is -0.136. The number of benzene rings is 1. The van der Waals surface area contributed by atoms with Crippen molar-refractivity contribution in [2.75, 3.05) is 0 Å². The molecule has 1 aromatic rings. The van der Waals surface area contributed by atoms with Crippen molar-refractivity contribution >= 4 is 21.9 Å². The molecule has 0 aromatic heterocycles. The topological polar surface area (TPSA) is 61.1 Å². The van der Waals surface area contributed by atoms with Crippen LogP contribution >= 0.6 is 15.9 Å². The molecule has 1 N–H and O–H groups in total. The van der Waals surface area contributed by atoms with Crippen molar-refractivity contribution in [2.45, 2.75) is 18.7 Å². The second-order valence-electron chi connectivity index (χ2n) is 3.25. The molecule has 1 aromatic carbocycles. The Labute approximate surface area is 96.5 Å². The van der Waals surface area contributed by atoms with Gasteiger partial charge in [-0.2, -0.15) is 5.26 Å². The predicted molar refractivity (Wildman–Crippen MR) is 59.9 cm³/mol. The Balaban J connectivity index is 3.22. The zero-order valence-corrected chi connectivity index (χ0v) is 9.84. The number of carboxylic acids is 1. The maximum atomic E-state index is 10.6. The first-order valence-corrected chi connectivity index (χ1v) is 5.51. The molecule has 1 rings (SSSR count). The van der Waals surface area contributed by atoms with Crippen molar-refractivity contribution in [1.29, 1.82) is 5.26 Å². The van der Waals surface area contributed by atoms with Crippen molar-refractivity contribution in [3.63, 3.8) is 0 Å². The smallest absolute Gasteiger partial charge is 0.307 e. The highest BCUT2D eigenvalue weighted by Gasteiger charge is 2.09. The first-order valence-electron chi connectivity index (χ1n) is 4.38. The Morgan fingerprint density at radius 2 is 2.20 bits per heavy atom. The largest absolute Gasteiger partial charge is 0.481 e. The Kier molecular flexibility index (Phi) is 3.87. The SMILES string of the molecule is Cc1cc(CC(=O)O)c(CBr)cc1C#N. The fraction of sp³-hybridized carbons (Fsp3) is 0.273. The second kappa shape index (κ2) is 4.94. The summed E-state index contributed by atoms with van der Waals surface area (Å²) in [6.45, 7) is 1.81. The summed E-state index contributed by atoms with van der Waals surface area (Å²) in [5, 5.41) is 18.1. The molecule has 15 heavy (non-hydrogen) atoms. The summed E-state index contributed by atoms with van der Waals surface area (Å²) >= 11 is 3.28. The molecule has 78 valence electrons. The molecule has 0 aliphatic carbocycles. The van der Waals surface area contributed by atoms with Crippen molar-refractivity contribution in [2.24, 2.45) is 0 Å². The molecule has 0 unspecified atom stereocenters. The number of hydrogen-bond acceptors (Lipinski definition) is 2. The fourth-order valence-electron chi connectivity index (χ4n) is 1.38. The zero-order chi connectivity index (χ0) is 11.4. The summed E-state index contributed by atoms with van der Waals surface area (Å²) < 4.78 is 0. The first-order chi connectivity index (χ1) is 7.08. The molecule has 4 heteroatoms. The minimum atomic E-state index is -0.860. The summed E-state index contributed by atoms with van der Waals surface area (Å²) in [5.74, 6) is -0.860. The van der Waals surface area contributed by atoms with Crippen LogP contribution in [0.4, 0.5) is 0 Å². The summed E-state index contributed by atoms with van der Waals surface area (Å²) in [6, 6.07) is 5.59. The molecule has 0 fully saturated rings. The lowest BCUT2D eigenvalue weighted by Crippen LogP contribution is -2.04. The van der Waals surface area contributed by atoms with Crippen molar-refractivity contribution in [3.05, 3.63) is 34.4 Å². The van der Waals surface area contributed by atoms with Gasteiger partial charge in [0.05, 0.1) is 18.1 Å². The van der Waals surface area contributed by atoms with Crippen LogP contribution in [0, 0.1) is 18.3 Å². The number of nitriles is 1. The molecule has 0 aliphatic rings. The van der Waals surface area contributed by atoms with E-state index in [0.717, 1.165) is 16.7 Å². The zero-order valence-electron chi connectivity index (χ0n) is 8.25. The van der Waals surface area contributed by atoms with Gasteiger partial charge in [0, 0.05) is 5.33 Å². The van der Waals surface area contributed by atoms with Gasteiger partial charge in [0.15, 0.2) is 0 Å². The van der Waals surface area contributed by atoms with Gasteiger partial charge in [-0.1, -0.05) is 22.0 Å². The summed E-state index contributed by atoms with van der Waals surface area (Å²) in [7, 11) is 0. The van der Waals surface area contributed by atoms with E-state index in [2.05, 4.69) is 22.0 Å². The highest BCUT2D eigenvalue weighted by molar-refractivity contribution is 9.08. The van der Waals surface area contributed by atoms with Crippen molar-refractivity contribution < 1.29 is 9.90 Å². The van der Waals surface area contributed by atoms with Crippen molar-refractivity contribution in [1.82, 2.24) is 0 Å². The third kappa shape index (κ3) is 2.80. The molecule has 0 bridgehead atoms. The molecule has 0 radical (unpaired) electrons. The summed E-state index contributed by atoms with van der Waals surface area (Å²) in [5.41, 5.74) is 3.03. The van der Waals surface area contributed by atoms with E-state index in [4.69, 9.17) is 10.4 Å². The monoisotopic (exact) mass is 267 g/mol. The van der Waals surface area contributed by atoms with Gasteiger partial charge in [-0.05, 0) is 29.7 Å². The average Bonchev–Trinajstić information content (AvgIpc) is 2.17. The van der Waals surface area contributed by atoms with Crippen LogP contribution in [0.2, 0.25) is 0 Å². The van der Waals surface area contributed by atoms with Crippen LogP contribution in [-0.4, -0.2) is 11.1 Å². The number of aryl methyl sites for hydroxylation is 1. The number of rotatable bonds is 3. The molecule has 0 saturated carbocycles. The van der Waals surface area contributed by atoms with Crippen LogP contribution in [0.15, 0.2) is 12.1 Å². The van der Waals surface area contributed by atoms with Gasteiger partial charge in [0.2, 0.25) is 0 Å². The third-order valence-corrected chi connectivity index (χ3v) is 2.76. The highest BCUT2D eigenvalue weighted by Crippen LogP contribution is 2.19. The number of nitrogens with zero attached hydrogens (tertiary/aromatic N) is 1. The van der Waals surface area contributed by atoms with Gasteiger partial charge < -0.3 is 5.11 Å². The van der Waals surface area contributed by atoms with Gasteiger partial charge >= 0.3 is 5.97 Å². The van der Waals surface area contributed by atoms with Crippen LogP contribution < -0.4 is 0 Å². The minimum absolute atomic E-state index is 0.00647. The van der Waals surface area contributed by atoms with E-state index in [1.165, 1.54) is 0 Å². The Bertz CT molecular complexity index is 435. The number of halogens is 1. The molecular weight excluding hydrogens is 258 g/mol. The Hall–Kier alpha value is -1.34. The van der Waals surface area contributed by atoms with E-state index < -0.39 is 5.97 Å². The van der Waals surface area contributed by atoms with E-state index >= 15 is 0 Å². The van der Waals surface area contributed by atoms with Crippen LogP contribution in [0.5, 0.6) is 0 Å². The van der Waals surface area contributed by atoms with E-state index in [9.17, 15) is 4.79 Å².